The summed E-state index contributed by atoms with van der Waals surface area (Å²) < 4.78 is 5.40. The van der Waals surface area contributed by atoms with Gasteiger partial charge in [0.1, 0.15) is 0 Å². The fourth-order valence-corrected chi connectivity index (χ4v) is 1.88. The standard InChI is InChI=1S/C15H20N2O4/c1-10-2-5-12(8-13(10)14(18)19)17-15(20)16-6-7-21-9-11-3-4-11/h2,5,8,11H,3-4,6-7,9H2,1H3,(H,18,19)(H2,16,17,20). The molecule has 1 aliphatic rings. The molecule has 0 saturated heterocycles. The normalized spacial score (nSPS) is 13.8. The summed E-state index contributed by atoms with van der Waals surface area (Å²) in [5, 5.41) is 14.3. The molecule has 0 aromatic heterocycles. The van der Waals surface area contributed by atoms with E-state index in [0.717, 1.165) is 6.61 Å². The number of amides is 2. The van der Waals surface area contributed by atoms with Gasteiger partial charge in [0.05, 0.1) is 12.2 Å². The van der Waals surface area contributed by atoms with Crippen LogP contribution in [0.4, 0.5) is 10.5 Å². The van der Waals surface area contributed by atoms with Crippen LogP contribution in [0.1, 0.15) is 28.8 Å². The average molecular weight is 292 g/mol. The lowest BCUT2D eigenvalue weighted by molar-refractivity contribution is 0.0696. The van der Waals surface area contributed by atoms with E-state index in [-0.39, 0.29) is 11.6 Å². The summed E-state index contributed by atoms with van der Waals surface area (Å²) >= 11 is 0. The van der Waals surface area contributed by atoms with E-state index in [2.05, 4.69) is 10.6 Å². The highest BCUT2D eigenvalue weighted by molar-refractivity contribution is 5.94. The molecule has 0 atom stereocenters. The van der Waals surface area contributed by atoms with Gasteiger partial charge in [-0.15, -0.1) is 0 Å². The largest absolute Gasteiger partial charge is 0.478 e. The number of carbonyl (C=O) groups is 2. The molecule has 1 aromatic carbocycles. The second-order valence-electron chi connectivity index (χ2n) is 5.23. The van der Waals surface area contributed by atoms with Crippen molar-refractivity contribution in [3.8, 4) is 0 Å². The Labute approximate surface area is 123 Å². The first-order valence-electron chi connectivity index (χ1n) is 7.03. The van der Waals surface area contributed by atoms with E-state index in [1.165, 1.54) is 18.9 Å². The molecule has 1 aromatic rings. The Kier molecular flexibility index (Phi) is 5.16. The first-order chi connectivity index (χ1) is 10.1. The van der Waals surface area contributed by atoms with E-state index in [4.69, 9.17) is 9.84 Å². The highest BCUT2D eigenvalue weighted by Crippen LogP contribution is 2.28. The third kappa shape index (κ3) is 5.07. The summed E-state index contributed by atoms with van der Waals surface area (Å²) in [6.07, 6.45) is 2.49. The van der Waals surface area contributed by atoms with Crippen molar-refractivity contribution in [2.24, 2.45) is 5.92 Å². The van der Waals surface area contributed by atoms with Crippen LogP contribution in [-0.2, 0) is 4.74 Å². The molecule has 0 bridgehead atoms. The first-order valence-corrected chi connectivity index (χ1v) is 7.03. The lowest BCUT2D eigenvalue weighted by atomic mass is 10.1. The second kappa shape index (κ2) is 7.08. The molecule has 0 unspecified atom stereocenters. The fourth-order valence-electron chi connectivity index (χ4n) is 1.88. The molecule has 0 spiro atoms. The van der Waals surface area contributed by atoms with Crippen molar-refractivity contribution in [3.05, 3.63) is 29.3 Å². The van der Waals surface area contributed by atoms with Gasteiger partial charge in [-0.25, -0.2) is 9.59 Å². The van der Waals surface area contributed by atoms with Gasteiger partial charge in [-0.05, 0) is 43.4 Å². The summed E-state index contributed by atoms with van der Waals surface area (Å²) in [5.74, 6) is -0.300. The number of aryl methyl sites for hydroxylation is 1. The van der Waals surface area contributed by atoms with Crippen molar-refractivity contribution in [3.63, 3.8) is 0 Å². The second-order valence-corrected chi connectivity index (χ2v) is 5.23. The SMILES string of the molecule is Cc1ccc(NC(=O)NCCOCC2CC2)cc1C(=O)O. The predicted molar refractivity (Wildman–Crippen MR) is 78.7 cm³/mol. The molecule has 6 nitrogen and oxygen atoms in total. The first kappa shape index (κ1) is 15.3. The van der Waals surface area contributed by atoms with E-state index in [1.54, 1.807) is 19.1 Å². The molecule has 6 heteroatoms. The number of hydrogen-bond acceptors (Lipinski definition) is 3. The van der Waals surface area contributed by atoms with Crippen molar-refractivity contribution < 1.29 is 19.4 Å². The van der Waals surface area contributed by atoms with Crippen LogP contribution in [0.5, 0.6) is 0 Å². The number of carboxylic acids is 1. The maximum Gasteiger partial charge on any atom is 0.336 e. The molecule has 1 fully saturated rings. The Bertz CT molecular complexity index is 526. The zero-order valence-corrected chi connectivity index (χ0v) is 12.0. The van der Waals surface area contributed by atoms with E-state index in [1.807, 2.05) is 0 Å². The highest BCUT2D eigenvalue weighted by Gasteiger charge is 2.20. The van der Waals surface area contributed by atoms with Crippen LogP contribution in [0.25, 0.3) is 0 Å². The van der Waals surface area contributed by atoms with Gasteiger partial charge in [0.25, 0.3) is 0 Å². The Morgan fingerprint density at radius 1 is 1.38 bits per heavy atom. The number of urea groups is 1. The average Bonchev–Trinajstić information content (AvgIpc) is 3.24. The molecule has 0 radical (unpaired) electrons. The molecule has 1 saturated carbocycles. The van der Waals surface area contributed by atoms with Crippen LogP contribution < -0.4 is 10.6 Å². The molecule has 2 amide bonds. The zero-order valence-electron chi connectivity index (χ0n) is 12.0. The number of benzene rings is 1. The number of ether oxygens (including phenoxy) is 1. The monoisotopic (exact) mass is 292 g/mol. The minimum Gasteiger partial charge on any atom is -0.478 e. The van der Waals surface area contributed by atoms with Gasteiger partial charge in [0.2, 0.25) is 0 Å². The summed E-state index contributed by atoms with van der Waals surface area (Å²) in [4.78, 5) is 22.7. The molecule has 0 heterocycles. The predicted octanol–water partition coefficient (Wildman–Crippen LogP) is 2.24. The van der Waals surface area contributed by atoms with Crippen molar-refractivity contribution >= 4 is 17.7 Å². The van der Waals surface area contributed by atoms with Gasteiger partial charge in [0.15, 0.2) is 0 Å². The number of rotatable bonds is 7. The maximum atomic E-state index is 11.7. The molecule has 21 heavy (non-hydrogen) atoms. The molecule has 114 valence electrons. The van der Waals surface area contributed by atoms with Crippen molar-refractivity contribution in [2.75, 3.05) is 25.1 Å². The lowest BCUT2D eigenvalue weighted by Crippen LogP contribution is -2.31. The third-order valence-electron chi connectivity index (χ3n) is 3.31. The Balaban J connectivity index is 1.73. The molecule has 2 rings (SSSR count). The number of anilines is 1. The summed E-state index contributed by atoms with van der Waals surface area (Å²) in [7, 11) is 0. The number of carbonyl (C=O) groups excluding carboxylic acids is 1. The van der Waals surface area contributed by atoms with E-state index < -0.39 is 5.97 Å². The minimum atomic E-state index is -1.01. The Hall–Kier alpha value is -2.08. The third-order valence-corrected chi connectivity index (χ3v) is 3.31. The molecule has 1 aliphatic carbocycles. The van der Waals surface area contributed by atoms with E-state index in [0.29, 0.717) is 30.3 Å². The van der Waals surface area contributed by atoms with Crippen molar-refractivity contribution in [1.82, 2.24) is 5.32 Å². The summed E-state index contributed by atoms with van der Waals surface area (Å²) in [5.41, 5.74) is 1.29. The quantitative estimate of drug-likeness (QED) is 0.673. The number of aromatic carboxylic acids is 1. The van der Waals surface area contributed by atoms with Gasteiger partial charge in [-0.1, -0.05) is 6.07 Å². The molecule has 3 N–H and O–H groups in total. The topological polar surface area (TPSA) is 87.7 Å². The summed E-state index contributed by atoms with van der Waals surface area (Å²) in [6, 6.07) is 4.41. The number of hydrogen-bond donors (Lipinski definition) is 3. The van der Waals surface area contributed by atoms with E-state index >= 15 is 0 Å². The van der Waals surface area contributed by atoms with Crippen LogP contribution in [0.3, 0.4) is 0 Å². The number of nitrogens with one attached hydrogen (secondary N) is 2. The van der Waals surface area contributed by atoms with Crippen LogP contribution >= 0.6 is 0 Å². The molecular weight excluding hydrogens is 272 g/mol. The smallest absolute Gasteiger partial charge is 0.336 e. The number of carboxylic acid groups (broad SMARTS) is 1. The minimum absolute atomic E-state index is 0.181. The van der Waals surface area contributed by atoms with Crippen LogP contribution in [-0.4, -0.2) is 36.9 Å². The van der Waals surface area contributed by atoms with Crippen molar-refractivity contribution in [2.45, 2.75) is 19.8 Å². The van der Waals surface area contributed by atoms with Crippen LogP contribution in [0.2, 0.25) is 0 Å². The molecular formula is C15H20N2O4. The van der Waals surface area contributed by atoms with Gasteiger partial charge in [-0.3, -0.25) is 0 Å². The fraction of sp³-hybridized carbons (Fsp3) is 0.467. The van der Waals surface area contributed by atoms with Gasteiger partial charge in [0, 0.05) is 18.8 Å². The Morgan fingerprint density at radius 2 is 2.14 bits per heavy atom. The van der Waals surface area contributed by atoms with Crippen LogP contribution in [0, 0.1) is 12.8 Å². The summed E-state index contributed by atoms with van der Waals surface area (Å²) in [6.45, 7) is 3.39. The van der Waals surface area contributed by atoms with Gasteiger partial charge in [-0.2, -0.15) is 0 Å². The Morgan fingerprint density at radius 3 is 2.81 bits per heavy atom. The van der Waals surface area contributed by atoms with E-state index in [9.17, 15) is 9.59 Å². The van der Waals surface area contributed by atoms with Crippen LogP contribution in [0.15, 0.2) is 18.2 Å². The van der Waals surface area contributed by atoms with Crippen molar-refractivity contribution in [1.29, 1.82) is 0 Å². The zero-order chi connectivity index (χ0) is 15.2. The highest BCUT2D eigenvalue weighted by atomic mass is 16.5. The van der Waals surface area contributed by atoms with Gasteiger partial charge < -0.3 is 20.5 Å². The molecule has 0 aliphatic heterocycles. The lowest BCUT2D eigenvalue weighted by Gasteiger charge is -2.09. The van der Waals surface area contributed by atoms with Gasteiger partial charge >= 0.3 is 12.0 Å². The maximum absolute atomic E-state index is 11.7.